The molecule has 2 aliphatic rings. The predicted octanol–water partition coefficient (Wildman–Crippen LogP) is 3.51. The van der Waals surface area contributed by atoms with Crippen LogP contribution in [0.4, 0.5) is 0 Å². The Morgan fingerprint density at radius 2 is 1.86 bits per heavy atom. The minimum Gasteiger partial charge on any atom is -0.385 e. The van der Waals surface area contributed by atoms with Gasteiger partial charge in [0.05, 0.1) is 0 Å². The van der Waals surface area contributed by atoms with Crippen LogP contribution in [0.25, 0.3) is 0 Å². The predicted molar refractivity (Wildman–Crippen MR) is 104 cm³/mol. The van der Waals surface area contributed by atoms with Gasteiger partial charge in [-0.3, -0.25) is 4.99 Å². The summed E-state index contributed by atoms with van der Waals surface area (Å²) < 4.78 is 5.24. The highest BCUT2D eigenvalue weighted by Crippen LogP contribution is 2.50. The van der Waals surface area contributed by atoms with E-state index in [1.165, 1.54) is 12.8 Å². The van der Waals surface area contributed by atoms with E-state index in [-0.39, 0.29) is 29.5 Å². The minimum absolute atomic E-state index is 0. The third-order valence-electron chi connectivity index (χ3n) is 5.83. The third-order valence-corrected chi connectivity index (χ3v) is 5.83. The molecule has 0 aromatic rings. The maximum Gasteiger partial charge on any atom is 0.194 e. The lowest BCUT2D eigenvalue weighted by atomic mass is 9.65. The number of rotatable bonds is 6. The Morgan fingerprint density at radius 1 is 1.23 bits per heavy atom. The van der Waals surface area contributed by atoms with E-state index in [2.05, 4.69) is 44.8 Å². The van der Waals surface area contributed by atoms with Crippen LogP contribution in [0.1, 0.15) is 53.9 Å². The van der Waals surface area contributed by atoms with Gasteiger partial charge in [0.25, 0.3) is 0 Å². The largest absolute Gasteiger partial charge is 0.385 e. The fourth-order valence-corrected chi connectivity index (χ4v) is 3.02. The van der Waals surface area contributed by atoms with Gasteiger partial charge in [0, 0.05) is 44.3 Å². The van der Waals surface area contributed by atoms with E-state index in [9.17, 15) is 0 Å². The van der Waals surface area contributed by atoms with Crippen molar-refractivity contribution >= 4 is 29.9 Å². The molecule has 0 unspecified atom stereocenters. The molecular formula is C17H34IN3O. The fraction of sp³-hybridized carbons (Fsp3) is 0.941. The molecule has 0 spiro atoms. The summed E-state index contributed by atoms with van der Waals surface area (Å²) in [5, 5.41) is 3.48. The molecule has 1 N–H and O–H groups in total. The summed E-state index contributed by atoms with van der Waals surface area (Å²) in [6.45, 7) is 15.3. The summed E-state index contributed by atoms with van der Waals surface area (Å²) in [5.74, 6) is 1.09. The number of ether oxygens (including phenoxy) is 1. The third kappa shape index (κ3) is 3.89. The number of likely N-dealkylation sites (tertiary alicyclic amines) is 1. The maximum absolute atomic E-state index is 5.24. The van der Waals surface area contributed by atoms with Crippen molar-refractivity contribution in [2.75, 3.05) is 33.4 Å². The summed E-state index contributed by atoms with van der Waals surface area (Å²) in [7, 11) is 1.79. The minimum atomic E-state index is 0. The van der Waals surface area contributed by atoms with E-state index in [0.29, 0.717) is 10.8 Å². The number of hydrogen-bond donors (Lipinski definition) is 1. The van der Waals surface area contributed by atoms with Gasteiger partial charge < -0.3 is 15.0 Å². The molecule has 4 nitrogen and oxygen atoms in total. The Labute approximate surface area is 153 Å². The van der Waals surface area contributed by atoms with Crippen LogP contribution >= 0.6 is 24.0 Å². The van der Waals surface area contributed by atoms with Gasteiger partial charge in [-0.1, -0.05) is 13.8 Å². The van der Waals surface area contributed by atoms with Crippen molar-refractivity contribution in [3.05, 3.63) is 0 Å². The van der Waals surface area contributed by atoms with E-state index < -0.39 is 0 Å². The van der Waals surface area contributed by atoms with E-state index >= 15 is 0 Å². The second kappa shape index (κ2) is 7.24. The van der Waals surface area contributed by atoms with Crippen molar-refractivity contribution in [3.8, 4) is 0 Å². The van der Waals surface area contributed by atoms with Gasteiger partial charge in [0.2, 0.25) is 0 Å². The Morgan fingerprint density at radius 3 is 2.27 bits per heavy atom. The molecule has 2 fully saturated rings. The average Bonchev–Trinajstić information content (AvgIpc) is 3.19. The van der Waals surface area contributed by atoms with Crippen molar-refractivity contribution < 1.29 is 4.74 Å². The molecule has 1 aliphatic carbocycles. The van der Waals surface area contributed by atoms with Gasteiger partial charge in [-0.15, -0.1) is 24.0 Å². The van der Waals surface area contributed by atoms with Gasteiger partial charge in [0.1, 0.15) is 0 Å². The van der Waals surface area contributed by atoms with Crippen LogP contribution in [0.2, 0.25) is 0 Å². The Balaban J connectivity index is 0.00000242. The van der Waals surface area contributed by atoms with E-state index in [0.717, 1.165) is 38.6 Å². The summed E-state index contributed by atoms with van der Waals surface area (Å²) in [4.78, 5) is 7.39. The number of hydrogen-bond acceptors (Lipinski definition) is 2. The first-order valence-electron chi connectivity index (χ1n) is 8.33. The molecule has 22 heavy (non-hydrogen) atoms. The molecule has 1 saturated heterocycles. The van der Waals surface area contributed by atoms with Crippen LogP contribution in [0.15, 0.2) is 4.99 Å². The monoisotopic (exact) mass is 423 g/mol. The first-order valence-corrected chi connectivity index (χ1v) is 8.33. The maximum atomic E-state index is 5.24. The van der Waals surface area contributed by atoms with E-state index in [1.54, 1.807) is 7.11 Å². The van der Waals surface area contributed by atoms with E-state index in [1.807, 2.05) is 0 Å². The van der Waals surface area contributed by atoms with Crippen molar-refractivity contribution in [2.45, 2.75) is 59.4 Å². The second-order valence-electron chi connectivity index (χ2n) is 7.94. The highest BCUT2D eigenvalue weighted by molar-refractivity contribution is 14.0. The smallest absolute Gasteiger partial charge is 0.194 e. The molecule has 130 valence electrons. The summed E-state index contributed by atoms with van der Waals surface area (Å²) in [6.07, 6.45) is 3.74. The Kier molecular flexibility index (Phi) is 6.58. The quantitative estimate of drug-likeness (QED) is 0.404. The second-order valence-corrected chi connectivity index (χ2v) is 7.94. The SMILES string of the molecule is CCNC(=NCC1(CCOC)CC1)N1CC(C)(C)C1(C)C.I. The van der Waals surface area contributed by atoms with Crippen molar-refractivity contribution in [2.24, 2.45) is 15.8 Å². The number of nitrogens with one attached hydrogen (secondary N) is 1. The van der Waals surface area contributed by atoms with Crippen LogP contribution in [0.3, 0.4) is 0 Å². The molecule has 0 aromatic carbocycles. The first kappa shape index (κ1) is 20.0. The zero-order valence-electron chi connectivity index (χ0n) is 15.2. The van der Waals surface area contributed by atoms with Crippen molar-refractivity contribution in [3.63, 3.8) is 0 Å². The van der Waals surface area contributed by atoms with Gasteiger partial charge in [0.15, 0.2) is 5.96 Å². The summed E-state index contributed by atoms with van der Waals surface area (Å²) in [5.41, 5.74) is 0.926. The van der Waals surface area contributed by atoms with Crippen LogP contribution in [0, 0.1) is 10.8 Å². The molecule has 0 bridgehead atoms. The van der Waals surface area contributed by atoms with Crippen molar-refractivity contribution in [1.82, 2.24) is 10.2 Å². The zero-order valence-corrected chi connectivity index (χ0v) is 17.5. The van der Waals surface area contributed by atoms with Crippen molar-refractivity contribution in [1.29, 1.82) is 0 Å². The van der Waals surface area contributed by atoms with Crippen LogP contribution in [0.5, 0.6) is 0 Å². The Hall–Kier alpha value is -0.0400. The highest BCUT2D eigenvalue weighted by Gasteiger charge is 2.54. The van der Waals surface area contributed by atoms with Crippen LogP contribution in [-0.2, 0) is 4.74 Å². The lowest BCUT2D eigenvalue weighted by Gasteiger charge is -2.62. The number of aliphatic imine (C=N–C) groups is 1. The molecular weight excluding hydrogens is 389 g/mol. The fourth-order valence-electron chi connectivity index (χ4n) is 3.02. The molecule has 0 atom stereocenters. The van der Waals surface area contributed by atoms with Gasteiger partial charge in [-0.05, 0) is 45.4 Å². The van der Waals surface area contributed by atoms with Gasteiger partial charge in [-0.25, -0.2) is 0 Å². The molecule has 1 saturated carbocycles. The molecule has 1 heterocycles. The number of halogens is 1. The number of nitrogens with zero attached hydrogens (tertiary/aromatic N) is 2. The molecule has 5 heteroatoms. The number of guanidine groups is 1. The standard InChI is InChI=1S/C17H33N3O.HI/c1-7-18-14(20-13-15(2,3)16(20,4)5)19-12-17(8-9-17)10-11-21-6;/h7-13H2,1-6H3,(H,18,19);1H. The van der Waals surface area contributed by atoms with E-state index in [4.69, 9.17) is 9.73 Å². The summed E-state index contributed by atoms with van der Waals surface area (Å²) in [6, 6.07) is 0. The average molecular weight is 423 g/mol. The van der Waals surface area contributed by atoms with Crippen LogP contribution < -0.4 is 5.32 Å². The normalized spacial score (nSPS) is 24.3. The topological polar surface area (TPSA) is 36.9 Å². The molecule has 0 amide bonds. The lowest BCUT2D eigenvalue weighted by Crippen LogP contribution is -2.72. The van der Waals surface area contributed by atoms with Gasteiger partial charge in [-0.2, -0.15) is 0 Å². The molecule has 1 aliphatic heterocycles. The zero-order chi connectivity index (χ0) is 15.7. The first-order chi connectivity index (χ1) is 9.78. The number of methoxy groups -OCH3 is 1. The van der Waals surface area contributed by atoms with Crippen LogP contribution in [-0.4, -0.2) is 49.7 Å². The highest BCUT2D eigenvalue weighted by atomic mass is 127. The Bertz CT molecular complexity index is 403. The summed E-state index contributed by atoms with van der Waals surface area (Å²) >= 11 is 0. The molecule has 0 radical (unpaired) electrons. The lowest BCUT2D eigenvalue weighted by molar-refractivity contribution is -0.0668. The molecule has 0 aromatic heterocycles. The van der Waals surface area contributed by atoms with Gasteiger partial charge >= 0.3 is 0 Å². The molecule has 2 rings (SSSR count).